The number of halogens is 3. The van der Waals surface area contributed by atoms with Gasteiger partial charge in [0.05, 0.1) is 37.4 Å². The Morgan fingerprint density at radius 3 is 2.36 bits per heavy atom. The second-order valence-corrected chi connectivity index (χ2v) is 11.4. The number of hydrogen-bond donors (Lipinski definition) is 0. The van der Waals surface area contributed by atoms with Gasteiger partial charge in [0.25, 0.3) is 0 Å². The number of sulfone groups is 1. The minimum atomic E-state index is -4.50. The van der Waals surface area contributed by atoms with Gasteiger partial charge in [0.2, 0.25) is 0 Å². The maximum absolute atomic E-state index is 15.2. The van der Waals surface area contributed by atoms with E-state index < -0.39 is 68.2 Å². The molecule has 0 bridgehead atoms. The minimum absolute atomic E-state index is 0.0665. The average molecular weight is 579 g/mol. The molecule has 0 N–H and O–H groups in total. The monoisotopic (exact) mass is 578 g/mol. The summed E-state index contributed by atoms with van der Waals surface area (Å²) >= 11 is 5.91. The molecule has 4 rings (SSSR count). The predicted molar refractivity (Wildman–Crippen MR) is 138 cm³/mol. The summed E-state index contributed by atoms with van der Waals surface area (Å²) in [4.78, 5) is 26.0. The predicted octanol–water partition coefficient (Wildman–Crippen LogP) is 5.11. The van der Waals surface area contributed by atoms with Gasteiger partial charge in [-0.25, -0.2) is 17.2 Å². The fraction of sp³-hybridized carbons (Fsp3) is 0.286. The van der Waals surface area contributed by atoms with Crippen molar-refractivity contribution in [2.45, 2.75) is 23.2 Å². The molecule has 206 valence electrons. The smallest absolute Gasteiger partial charge is 0.316 e. The van der Waals surface area contributed by atoms with Crippen LogP contribution in [-0.4, -0.2) is 40.5 Å². The van der Waals surface area contributed by atoms with E-state index in [4.69, 9.17) is 25.8 Å². The summed E-state index contributed by atoms with van der Waals surface area (Å²) in [6.07, 6.45) is -0.255. The Balaban J connectivity index is 1.70. The molecule has 11 heteroatoms. The molecule has 0 amide bonds. The number of carbonyl (C=O) groups excluding carboxylic acids is 2. The third-order valence-corrected chi connectivity index (χ3v) is 8.93. The highest BCUT2D eigenvalue weighted by Gasteiger charge is 2.51. The van der Waals surface area contributed by atoms with Gasteiger partial charge in [0.1, 0.15) is 22.8 Å². The first-order valence-corrected chi connectivity index (χ1v) is 13.9. The summed E-state index contributed by atoms with van der Waals surface area (Å²) in [5.74, 6) is -7.40. The maximum atomic E-state index is 15.2. The van der Waals surface area contributed by atoms with E-state index in [0.29, 0.717) is 0 Å². The second-order valence-electron chi connectivity index (χ2n) is 8.92. The molecule has 3 unspecified atom stereocenters. The van der Waals surface area contributed by atoms with Crippen molar-refractivity contribution in [3.8, 4) is 5.75 Å². The van der Waals surface area contributed by atoms with Crippen LogP contribution in [0.2, 0.25) is 5.02 Å². The van der Waals surface area contributed by atoms with Gasteiger partial charge >= 0.3 is 5.97 Å². The van der Waals surface area contributed by atoms with E-state index in [2.05, 4.69) is 0 Å². The van der Waals surface area contributed by atoms with Crippen LogP contribution in [0, 0.1) is 23.5 Å². The zero-order valence-corrected chi connectivity index (χ0v) is 22.4. The number of ether oxygens (including phenoxy) is 3. The van der Waals surface area contributed by atoms with Gasteiger partial charge < -0.3 is 14.2 Å². The maximum Gasteiger partial charge on any atom is 0.316 e. The molecule has 39 heavy (non-hydrogen) atoms. The van der Waals surface area contributed by atoms with Crippen molar-refractivity contribution in [1.82, 2.24) is 0 Å². The standard InChI is InChI=1S/C28H25ClF2O7S/c1-36-28(33)24(23(32)13-14-37-15-17-5-3-2-4-6-17)20-16-38-26-22(31)12-11-21(30)25(26)27(20)39(34,35)19-9-7-18(29)8-10-19/h2-12,20,24,27H,13-16H2,1H3. The van der Waals surface area contributed by atoms with Crippen LogP contribution >= 0.6 is 11.6 Å². The lowest BCUT2D eigenvalue weighted by Crippen LogP contribution is -2.44. The molecular weight excluding hydrogens is 554 g/mol. The number of Topliss-reactive ketones (excluding diaryl/α,β-unsaturated/α-hetero) is 1. The van der Waals surface area contributed by atoms with Crippen molar-refractivity contribution < 1.29 is 41.0 Å². The number of methoxy groups -OCH3 is 1. The summed E-state index contributed by atoms with van der Waals surface area (Å²) < 4.78 is 73.5. The SMILES string of the molecule is COC(=O)C(C(=O)CCOCc1ccccc1)C1COc2c(F)ccc(F)c2C1S(=O)(=O)c1ccc(Cl)cc1. The average Bonchev–Trinajstić information content (AvgIpc) is 2.93. The van der Waals surface area contributed by atoms with E-state index >= 15 is 4.39 Å². The van der Waals surface area contributed by atoms with Crippen molar-refractivity contribution in [3.05, 3.63) is 94.5 Å². The topological polar surface area (TPSA) is 96.0 Å². The van der Waals surface area contributed by atoms with E-state index in [1.807, 2.05) is 30.3 Å². The van der Waals surface area contributed by atoms with Gasteiger partial charge in [-0.3, -0.25) is 9.59 Å². The van der Waals surface area contributed by atoms with Gasteiger partial charge in [0.15, 0.2) is 21.4 Å². The van der Waals surface area contributed by atoms with Crippen LogP contribution in [0.25, 0.3) is 0 Å². The number of rotatable bonds is 10. The number of ketones is 1. The lowest BCUT2D eigenvalue weighted by Gasteiger charge is -2.36. The molecule has 3 aromatic carbocycles. The molecule has 0 radical (unpaired) electrons. The Morgan fingerprint density at radius 2 is 1.69 bits per heavy atom. The number of carbonyl (C=O) groups is 2. The first kappa shape index (κ1) is 28.7. The minimum Gasteiger partial charge on any atom is -0.490 e. The largest absolute Gasteiger partial charge is 0.490 e. The van der Waals surface area contributed by atoms with Crippen molar-refractivity contribution in [3.63, 3.8) is 0 Å². The Hall–Kier alpha value is -3.34. The van der Waals surface area contributed by atoms with Gasteiger partial charge in [0, 0.05) is 17.4 Å². The molecule has 0 fully saturated rings. The number of esters is 1. The summed E-state index contributed by atoms with van der Waals surface area (Å²) in [7, 11) is -3.45. The molecule has 0 aliphatic carbocycles. The number of fused-ring (bicyclic) bond motifs is 1. The van der Waals surface area contributed by atoms with Crippen LogP contribution in [0.5, 0.6) is 5.75 Å². The highest BCUT2D eigenvalue weighted by molar-refractivity contribution is 7.91. The first-order valence-electron chi connectivity index (χ1n) is 12.0. The Labute approximate surface area is 229 Å². The summed E-state index contributed by atoms with van der Waals surface area (Å²) in [6, 6.07) is 15.9. The van der Waals surface area contributed by atoms with Crippen LogP contribution in [0.15, 0.2) is 71.6 Å². The summed E-state index contributed by atoms with van der Waals surface area (Å²) in [5.41, 5.74) is 0.279. The van der Waals surface area contributed by atoms with Gasteiger partial charge in [-0.2, -0.15) is 0 Å². The fourth-order valence-corrected chi connectivity index (χ4v) is 6.79. The first-order chi connectivity index (χ1) is 18.6. The van der Waals surface area contributed by atoms with E-state index in [-0.39, 0.29) is 29.6 Å². The molecular formula is C28H25ClF2O7S. The van der Waals surface area contributed by atoms with E-state index in [1.165, 1.54) is 24.3 Å². The van der Waals surface area contributed by atoms with Crippen molar-refractivity contribution >= 4 is 33.2 Å². The number of benzene rings is 3. The Morgan fingerprint density at radius 1 is 1.03 bits per heavy atom. The zero-order valence-electron chi connectivity index (χ0n) is 20.8. The molecule has 1 aliphatic heterocycles. The molecule has 0 saturated carbocycles. The van der Waals surface area contributed by atoms with E-state index in [0.717, 1.165) is 24.8 Å². The quantitative estimate of drug-likeness (QED) is 0.187. The van der Waals surface area contributed by atoms with Crippen molar-refractivity contribution in [1.29, 1.82) is 0 Å². The third kappa shape index (κ3) is 6.13. The van der Waals surface area contributed by atoms with Crippen LogP contribution in [0.4, 0.5) is 8.78 Å². The van der Waals surface area contributed by atoms with Crippen LogP contribution < -0.4 is 4.74 Å². The van der Waals surface area contributed by atoms with Crippen LogP contribution in [0.3, 0.4) is 0 Å². The Kier molecular flexibility index (Phi) is 8.99. The molecule has 3 aromatic rings. The summed E-state index contributed by atoms with van der Waals surface area (Å²) in [6.45, 7) is -0.404. The second kappa shape index (κ2) is 12.2. The van der Waals surface area contributed by atoms with Gasteiger partial charge in [-0.1, -0.05) is 41.9 Å². The fourth-order valence-electron chi connectivity index (χ4n) is 4.63. The lowest BCUT2D eigenvalue weighted by molar-refractivity contribution is -0.153. The molecule has 1 aliphatic rings. The molecule has 7 nitrogen and oxygen atoms in total. The van der Waals surface area contributed by atoms with Crippen molar-refractivity contribution in [2.75, 3.05) is 20.3 Å². The third-order valence-electron chi connectivity index (χ3n) is 6.50. The molecule has 1 heterocycles. The van der Waals surface area contributed by atoms with Crippen LogP contribution in [0.1, 0.15) is 22.8 Å². The van der Waals surface area contributed by atoms with E-state index in [9.17, 15) is 22.4 Å². The van der Waals surface area contributed by atoms with Crippen molar-refractivity contribution in [2.24, 2.45) is 11.8 Å². The number of hydrogen-bond acceptors (Lipinski definition) is 7. The van der Waals surface area contributed by atoms with Gasteiger partial charge in [-0.05, 0) is 42.0 Å². The highest BCUT2D eigenvalue weighted by Crippen LogP contribution is 2.48. The molecule has 0 aromatic heterocycles. The molecule has 3 atom stereocenters. The van der Waals surface area contributed by atoms with Crippen LogP contribution in [-0.2, 0) is 35.5 Å². The van der Waals surface area contributed by atoms with E-state index in [1.54, 1.807) is 0 Å². The molecule has 0 spiro atoms. The summed E-state index contributed by atoms with van der Waals surface area (Å²) in [5, 5.41) is -1.58. The Bertz CT molecular complexity index is 1450. The normalized spacial score (nSPS) is 17.5. The highest BCUT2D eigenvalue weighted by atomic mass is 35.5. The van der Waals surface area contributed by atoms with Gasteiger partial charge in [-0.15, -0.1) is 0 Å². The zero-order chi connectivity index (χ0) is 28.2. The lowest BCUT2D eigenvalue weighted by atomic mass is 9.81. The molecule has 0 saturated heterocycles.